The molecule has 1 atom stereocenters. The first-order valence-electron chi connectivity index (χ1n) is 3.78. The Kier molecular flexibility index (Phi) is 2.80. The molecule has 1 rings (SSSR count). The van der Waals surface area contributed by atoms with Crippen molar-refractivity contribution in [3.63, 3.8) is 0 Å². The molecule has 0 radical (unpaired) electrons. The summed E-state index contributed by atoms with van der Waals surface area (Å²) in [6.07, 6.45) is -6.08. The highest BCUT2D eigenvalue weighted by atomic mass is 19.4. The van der Waals surface area contributed by atoms with Gasteiger partial charge in [-0.1, -0.05) is 18.2 Å². The Bertz CT molecular complexity index is 255. The third-order valence-corrected chi connectivity index (χ3v) is 1.52. The highest BCUT2D eigenvalue weighted by Gasteiger charge is 2.37. The predicted octanol–water partition coefficient (Wildman–Crippen LogP) is 3.02. The van der Waals surface area contributed by atoms with Gasteiger partial charge in [-0.25, -0.2) is 0 Å². The van der Waals surface area contributed by atoms with Crippen molar-refractivity contribution in [2.75, 3.05) is 0 Å². The molecule has 72 valence electrons. The van der Waals surface area contributed by atoms with Crippen molar-refractivity contribution in [2.24, 2.45) is 0 Å². The quantitative estimate of drug-likeness (QED) is 0.696. The Morgan fingerprint density at radius 3 is 2.15 bits per heavy atom. The first kappa shape index (κ1) is 9.89. The minimum Gasteiger partial charge on any atom is -0.481 e. The molecule has 0 aliphatic carbocycles. The van der Waals surface area contributed by atoms with Gasteiger partial charge < -0.3 is 4.74 Å². The molecule has 4 heteroatoms. The van der Waals surface area contributed by atoms with Crippen LogP contribution in [0, 0.1) is 0 Å². The number of para-hydroxylation sites is 1. The Morgan fingerprint density at radius 1 is 1.15 bits per heavy atom. The molecule has 0 aliphatic rings. The van der Waals surface area contributed by atoms with Crippen molar-refractivity contribution < 1.29 is 17.9 Å². The monoisotopic (exact) mass is 190 g/mol. The fourth-order valence-corrected chi connectivity index (χ4v) is 0.770. The van der Waals surface area contributed by atoms with Crippen LogP contribution in [-0.4, -0.2) is 12.3 Å². The van der Waals surface area contributed by atoms with Crippen molar-refractivity contribution in [1.29, 1.82) is 0 Å². The summed E-state index contributed by atoms with van der Waals surface area (Å²) in [5, 5.41) is 0. The van der Waals surface area contributed by atoms with Gasteiger partial charge in [-0.2, -0.15) is 13.2 Å². The molecule has 0 saturated carbocycles. The number of hydrogen-bond donors (Lipinski definition) is 0. The molecule has 0 amide bonds. The van der Waals surface area contributed by atoms with E-state index in [4.69, 9.17) is 0 Å². The number of halogens is 3. The number of alkyl halides is 3. The van der Waals surface area contributed by atoms with Crippen LogP contribution in [0.4, 0.5) is 13.2 Å². The average Bonchev–Trinajstić information content (AvgIpc) is 2.04. The zero-order chi connectivity index (χ0) is 9.90. The second-order valence-corrected chi connectivity index (χ2v) is 2.61. The lowest BCUT2D eigenvalue weighted by molar-refractivity contribution is -0.189. The molecule has 13 heavy (non-hydrogen) atoms. The molecule has 0 N–H and O–H groups in total. The van der Waals surface area contributed by atoms with Gasteiger partial charge in [0, 0.05) is 0 Å². The van der Waals surface area contributed by atoms with Crippen molar-refractivity contribution in [3.05, 3.63) is 30.3 Å². The Balaban J connectivity index is 2.61. The average molecular weight is 190 g/mol. The van der Waals surface area contributed by atoms with E-state index in [1.165, 1.54) is 12.1 Å². The summed E-state index contributed by atoms with van der Waals surface area (Å²) in [7, 11) is 0. The predicted molar refractivity (Wildman–Crippen MR) is 42.6 cm³/mol. The van der Waals surface area contributed by atoms with Crippen LogP contribution in [-0.2, 0) is 0 Å². The molecule has 0 aromatic heterocycles. The molecule has 0 saturated heterocycles. The Morgan fingerprint density at radius 2 is 1.69 bits per heavy atom. The highest BCUT2D eigenvalue weighted by Crippen LogP contribution is 2.24. The SMILES string of the molecule is C[C@H](Oc1ccccc1)C(F)(F)F. The number of ether oxygens (including phenoxy) is 1. The van der Waals surface area contributed by atoms with E-state index in [0.717, 1.165) is 6.92 Å². The van der Waals surface area contributed by atoms with Gasteiger partial charge in [-0.3, -0.25) is 0 Å². The van der Waals surface area contributed by atoms with Crippen molar-refractivity contribution in [3.8, 4) is 5.75 Å². The van der Waals surface area contributed by atoms with Gasteiger partial charge in [0.25, 0.3) is 0 Å². The number of hydrogen-bond acceptors (Lipinski definition) is 1. The first-order valence-corrected chi connectivity index (χ1v) is 3.78. The molecule has 1 aromatic rings. The maximum absolute atomic E-state index is 12.0. The van der Waals surface area contributed by atoms with E-state index in [0.29, 0.717) is 0 Å². The van der Waals surface area contributed by atoms with E-state index in [2.05, 4.69) is 4.74 Å². The molecule has 0 aliphatic heterocycles. The van der Waals surface area contributed by atoms with Gasteiger partial charge in [-0.15, -0.1) is 0 Å². The van der Waals surface area contributed by atoms with Crippen LogP contribution in [0.2, 0.25) is 0 Å². The van der Waals surface area contributed by atoms with Crippen LogP contribution < -0.4 is 4.74 Å². The van der Waals surface area contributed by atoms with Gasteiger partial charge in [0.05, 0.1) is 0 Å². The van der Waals surface area contributed by atoms with Crippen LogP contribution in [0.3, 0.4) is 0 Å². The number of rotatable bonds is 2. The van der Waals surface area contributed by atoms with Gasteiger partial charge in [0.1, 0.15) is 5.75 Å². The summed E-state index contributed by atoms with van der Waals surface area (Å²) in [4.78, 5) is 0. The summed E-state index contributed by atoms with van der Waals surface area (Å²) in [5.41, 5.74) is 0. The second kappa shape index (κ2) is 3.68. The normalized spacial score (nSPS) is 13.8. The standard InChI is InChI=1S/C9H9F3O/c1-7(9(10,11)12)13-8-5-3-2-4-6-8/h2-7H,1H3/t7-/m0/s1. The van der Waals surface area contributed by atoms with E-state index in [-0.39, 0.29) is 5.75 Å². The van der Waals surface area contributed by atoms with E-state index in [1.807, 2.05) is 0 Å². The van der Waals surface area contributed by atoms with Crippen LogP contribution in [0.25, 0.3) is 0 Å². The van der Waals surface area contributed by atoms with Crippen molar-refractivity contribution in [1.82, 2.24) is 0 Å². The minimum atomic E-state index is -4.31. The minimum absolute atomic E-state index is 0.229. The number of benzene rings is 1. The maximum atomic E-state index is 12.0. The molecule has 0 bridgehead atoms. The summed E-state index contributed by atoms with van der Waals surface area (Å²) in [6.45, 7) is 0.979. The second-order valence-electron chi connectivity index (χ2n) is 2.61. The summed E-state index contributed by atoms with van der Waals surface area (Å²) in [5.74, 6) is 0.229. The Labute approximate surface area is 74.1 Å². The van der Waals surface area contributed by atoms with Gasteiger partial charge in [0.2, 0.25) is 0 Å². The zero-order valence-electron chi connectivity index (χ0n) is 7.01. The molecule has 0 fully saturated rings. The summed E-state index contributed by atoms with van der Waals surface area (Å²) < 4.78 is 40.7. The molecular weight excluding hydrogens is 181 g/mol. The van der Waals surface area contributed by atoms with Crippen molar-refractivity contribution >= 4 is 0 Å². The first-order chi connectivity index (χ1) is 6.00. The largest absolute Gasteiger partial charge is 0.481 e. The molecule has 0 heterocycles. The van der Waals surface area contributed by atoms with Crippen LogP contribution >= 0.6 is 0 Å². The van der Waals surface area contributed by atoms with Crippen LogP contribution in [0.1, 0.15) is 6.92 Å². The molecular formula is C9H9F3O. The van der Waals surface area contributed by atoms with Crippen molar-refractivity contribution in [2.45, 2.75) is 19.2 Å². The van der Waals surface area contributed by atoms with E-state index in [1.54, 1.807) is 18.2 Å². The van der Waals surface area contributed by atoms with E-state index < -0.39 is 12.3 Å². The van der Waals surface area contributed by atoms with Gasteiger partial charge in [-0.05, 0) is 19.1 Å². The third-order valence-electron chi connectivity index (χ3n) is 1.52. The fourth-order valence-electron chi connectivity index (χ4n) is 0.770. The smallest absolute Gasteiger partial charge is 0.425 e. The van der Waals surface area contributed by atoms with E-state index >= 15 is 0 Å². The van der Waals surface area contributed by atoms with Crippen LogP contribution in [0.5, 0.6) is 5.75 Å². The summed E-state index contributed by atoms with van der Waals surface area (Å²) in [6, 6.07) is 7.94. The maximum Gasteiger partial charge on any atom is 0.425 e. The fraction of sp³-hybridized carbons (Fsp3) is 0.333. The Hall–Kier alpha value is -1.19. The summed E-state index contributed by atoms with van der Waals surface area (Å²) >= 11 is 0. The zero-order valence-corrected chi connectivity index (χ0v) is 7.01. The lowest BCUT2D eigenvalue weighted by Crippen LogP contribution is -2.31. The topological polar surface area (TPSA) is 9.23 Å². The third kappa shape index (κ3) is 2.97. The van der Waals surface area contributed by atoms with Gasteiger partial charge >= 0.3 is 6.18 Å². The van der Waals surface area contributed by atoms with E-state index in [9.17, 15) is 13.2 Å². The van der Waals surface area contributed by atoms with Gasteiger partial charge in [0.15, 0.2) is 6.10 Å². The molecule has 0 spiro atoms. The lowest BCUT2D eigenvalue weighted by Gasteiger charge is -2.17. The molecule has 0 unspecified atom stereocenters. The molecule has 1 aromatic carbocycles. The lowest BCUT2D eigenvalue weighted by atomic mass is 10.3. The highest BCUT2D eigenvalue weighted by molar-refractivity contribution is 5.21. The molecule has 1 nitrogen and oxygen atoms in total. The van der Waals surface area contributed by atoms with Crippen LogP contribution in [0.15, 0.2) is 30.3 Å².